The zero-order valence-corrected chi connectivity index (χ0v) is 21.4. The maximum Gasteiger partial charge on any atom is 0.258 e. The van der Waals surface area contributed by atoms with Gasteiger partial charge in [0.2, 0.25) is 10.0 Å². The molecule has 0 unspecified atom stereocenters. The average Bonchev–Trinajstić information content (AvgIpc) is 3.56. The number of hydrogen-bond acceptors (Lipinski definition) is 5. The first kappa shape index (κ1) is 23.8. The predicted octanol–water partition coefficient (Wildman–Crippen LogP) is 5.12. The Morgan fingerprint density at radius 3 is 2.32 bits per heavy atom. The molecule has 3 aliphatic rings. The van der Waals surface area contributed by atoms with Crippen molar-refractivity contribution in [1.82, 2.24) is 4.90 Å². The monoisotopic (exact) mass is 514 g/mol. The molecule has 1 saturated heterocycles. The first-order valence-electron chi connectivity index (χ1n) is 12.8. The number of nitrogens with zero attached hydrogens (tertiary/aromatic N) is 1. The summed E-state index contributed by atoms with van der Waals surface area (Å²) in [5.41, 5.74) is 5.94. The minimum absolute atomic E-state index is 0.228. The molecule has 37 heavy (non-hydrogen) atoms. The summed E-state index contributed by atoms with van der Waals surface area (Å²) >= 11 is 0. The number of hydrogen-bond donors (Lipinski definition) is 3. The molecule has 0 radical (unpaired) electrons. The highest BCUT2D eigenvalue weighted by molar-refractivity contribution is 7.93. The van der Waals surface area contributed by atoms with Crippen LogP contribution < -0.4 is 15.4 Å². The second-order valence-corrected chi connectivity index (χ2v) is 11.9. The van der Waals surface area contributed by atoms with Gasteiger partial charge < -0.3 is 10.6 Å². The van der Waals surface area contributed by atoms with Crippen molar-refractivity contribution in [1.29, 1.82) is 0 Å². The number of carbonyl (C=O) groups is 1. The van der Waals surface area contributed by atoms with E-state index in [1.54, 1.807) is 18.2 Å². The molecule has 6 rings (SSSR count). The molecule has 8 heteroatoms. The largest absolute Gasteiger partial charge is 0.354 e. The summed E-state index contributed by atoms with van der Waals surface area (Å²) in [5.74, 6) is -0.228. The summed E-state index contributed by atoms with van der Waals surface area (Å²) in [7, 11) is -3.41. The van der Waals surface area contributed by atoms with Crippen LogP contribution in [0.5, 0.6) is 0 Å². The third-order valence-corrected chi connectivity index (χ3v) is 9.00. The van der Waals surface area contributed by atoms with Crippen LogP contribution in [0.25, 0.3) is 11.3 Å². The topological polar surface area (TPSA) is 90.5 Å². The Labute approximate surface area is 217 Å². The van der Waals surface area contributed by atoms with E-state index in [0.717, 1.165) is 30.9 Å². The summed E-state index contributed by atoms with van der Waals surface area (Å²) < 4.78 is 27.7. The lowest BCUT2D eigenvalue weighted by molar-refractivity contribution is -0.110. The summed E-state index contributed by atoms with van der Waals surface area (Å²) in [6.07, 6.45) is 3.90. The van der Waals surface area contributed by atoms with Crippen LogP contribution in [0.3, 0.4) is 0 Å². The van der Waals surface area contributed by atoms with Gasteiger partial charge in [0, 0.05) is 29.2 Å². The zero-order chi connectivity index (χ0) is 25.4. The molecule has 2 heterocycles. The van der Waals surface area contributed by atoms with Crippen LogP contribution in [-0.4, -0.2) is 37.6 Å². The molecule has 0 atom stereocenters. The van der Waals surface area contributed by atoms with Crippen molar-refractivity contribution in [3.05, 3.63) is 89.5 Å². The zero-order valence-electron chi connectivity index (χ0n) is 20.5. The Morgan fingerprint density at radius 2 is 1.62 bits per heavy atom. The molecule has 3 aromatic rings. The minimum atomic E-state index is -3.41. The van der Waals surface area contributed by atoms with E-state index in [9.17, 15) is 13.2 Å². The number of likely N-dealkylation sites (tertiary alicyclic amines) is 1. The fraction of sp³-hybridized carbons (Fsp3) is 0.276. The molecular weight excluding hydrogens is 484 g/mol. The highest BCUT2D eigenvalue weighted by Crippen LogP contribution is 2.39. The molecule has 1 saturated carbocycles. The standard InChI is InChI=1S/C29H30N4O3S/c34-29-27(25-18-23(12-15-26(25)31-29)32-37(35,36)24-13-14-24)28(21-6-2-1-3-7-21)30-22-10-8-20(9-11-22)19-33-16-4-5-17-33/h1-3,6-12,15,18,24,30,32H,4-5,13-14,16-17,19H2,(H,31,34)/b28-27-. The number of sulfonamides is 1. The van der Waals surface area contributed by atoms with Gasteiger partial charge in [-0.25, -0.2) is 8.42 Å². The maximum atomic E-state index is 13.2. The third-order valence-electron chi connectivity index (χ3n) is 7.13. The van der Waals surface area contributed by atoms with Crippen LogP contribution in [0, 0.1) is 0 Å². The average molecular weight is 515 g/mol. The van der Waals surface area contributed by atoms with Gasteiger partial charge in [-0.05, 0) is 80.2 Å². The van der Waals surface area contributed by atoms with Crippen LogP contribution >= 0.6 is 0 Å². The van der Waals surface area contributed by atoms with E-state index in [0.29, 0.717) is 41.1 Å². The van der Waals surface area contributed by atoms with Crippen molar-refractivity contribution in [3.63, 3.8) is 0 Å². The van der Waals surface area contributed by atoms with E-state index >= 15 is 0 Å². The molecule has 1 amide bonds. The van der Waals surface area contributed by atoms with Gasteiger partial charge in [-0.1, -0.05) is 42.5 Å². The second kappa shape index (κ2) is 9.68. The van der Waals surface area contributed by atoms with Gasteiger partial charge in [0.05, 0.1) is 16.5 Å². The van der Waals surface area contributed by atoms with Crippen LogP contribution in [0.4, 0.5) is 17.1 Å². The quantitative estimate of drug-likeness (QED) is 0.363. The number of fused-ring (bicyclic) bond motifs is 1. The van der Waals surface area contributed by atoms with E-state index in [1.165, 1.54) is 18.4 Å². The fourth-order valence-electron chi connectivity index (χ4n) is 5.03. The smallest absolute Gasteiger partial charge is 0.258 e. The summed E-state index contributed by atoms with van der Waals surface area (Å²) in [4.78, 5) is 15.7. The third kappa shape index (κ3) is 5.12. The van der Waals surface area contributed by atoms with Crippen molar-refractivity contribution in [2.45, 2.75) is 37.5 Å². The number of carbonyl (C=O) groups excluding carboxylic acids is 1. The van der Waals surface area contributed by atoms with Crippen molar-refractivity contribution in [2.24, 2.45) is 0 Å². The molecule has 7 nitrogen and oxygen atoms in total. The van der Waals surface area contributed by atoms with E-state index in [2.05, 4.69) is 32.4 Å². The summed E-state index contributed by atoms with van der Waals surface area (Å²) in [6.45, 7) is 3.25. The molecule has 3 N–H and O–H groups in total. The van der Waals surface area contributed by atoms with Crippen molar-refractivity contribution in [2.75, 3.05) is 28.4 Å². The Kier molecular flexibility index (Phi) is 6.22. The number of amides is 1. The van der Waals surface area contributed by atoms with Gasteiger partial charge in [-0.2, -0.15) is 0 Å². The van der Waals surface area contributed by atoms with E-state index in [1.807, 2.05) is 42.5 Å². The van der Waals surface area contributed by atoms with Crippen LogP contribution in [0.1, 0.15) is 42.4 Å². The first-order chi connectivity index (χ1) is 18.0. The molecule has 2 fully saturated rings. The molecule has 2 aliphatic heterocycles. The Balaban J connectivity index is 1.35. The number of benzene rings is 3. The molecule has 0 spiro atoms. The van der Waals surface area contributed by atoms with Gasteiger partial charge in [0.1, 0.15) is 0 Å². The van der Waals surface area contributed by atoms with Gasteiger partial charge in [-0.15, -0.1) is 0 Å². The molecular formula is C29H30N4O3S. The Hall–Kier alpha value is -3.62. The van der Waals surface area contributed by atoms with Crippen LogP contribution in [0.2, 0.25) is 0 Å². The highest BCUT2D eigenvalue weighted by atomic mass is 32.2. The van der Waals surface area contributed by atoms with Crippen molar-refractivity contribution < 1.29 is 13.2 Å². The lowest BCUT2D eigenvalue weighted by Gasteiger charge is -2.17. The Bertz CT molecular complexity index is 1460. The maximum absolute atomic E-state index is 13.2. The van der Waals surface area contributed by atoms with E-state index < -0.39 is 10.0 Å². The fourth-order valence-corrected chi connectivity index (χ4v) is 6.40. The number of anilines is 3. The van der Waals surface area contributed by atoms with E-state index in [4.69, 9.17) is 0 Å². The molecule has 0 bridgehead atoms. The Morgan fingerprint density at radius 1 is 0.919 bits per heavy atom. The molecule has 190 valence electrons. The molecule has 0 aromatic heterocycles. The highest BCUT2D eigenvalue weighted by Gasteiger charge is 2.36. The lowest BCUT2D eigenvalue weighted by atomic mass is 9.99. The normalized spacial score (nSPS) is 18.9. The molecule has 3 aromatic carbocycles. The van der Waals surface area contributed by atoms with Gasteiger partial charge in [-0.3, -0.25) is 14.4 Å². The van der Waals surface area contributed by atoms with Gasteiger partial charge >= 0.3 is 0 Å². The minimum Gasteiger partial charge on any atom is -0.354 e. The SMILES string of the molecule is O=C1Nc2ccc(NS(=O)(=O)C3CC3)cc2/C1=C(/Nc1ccc(CN2CCCC2)cc1)c1ccccc1. The predicted molar refractivity (Wildman–Crippen MR) is 148 cm³/mol. The summed E-state index contributed by atoms with van der Waals surface area (Å²) in [6, 6.07) is 23.3. The van der Waals surface area contributed by atoms with Crippen molar-refractivity contribution in [3.8, 4) is 0 Å². The van der Waals surface area contributed by atoms with E-state index in [-0.39, 0.29) is 11.2 Å². The lowest BCUT2D eigenvalue weighted by Crippen LogP contribution is -2.18. The number of rotatable bonds is 8. The first-order valence-corrected chi connectivity index (χ1v) is 14.4. The van der Waals surface area contributed by atoms with Crippen LogP contribution in [0.15, 0.2) is 72.8 Å². The van der Waals surface area contributed by atoms with Gasteiger partial charge in [0.25, 0.3) is 5.91 Å². The van der Waals surface area contributed by atoms with Crippen LogP contribution in [-0.2, 0) is 21.4 Å². The molecule has 1 aliphatic carbocycles. The second-order valence-electron chi connectivity index (χ2n) is 9.98. The number of nitrogens with one attached hydrogen (secondary N) is 3. The summed E-state index contributed by atoms with van der Waals surface area (Å²) in [5, 5.41) is 6.10. The van der Waals surface area contributed by atoms with Gasteiger partial charge in [0.15, 0.2) is 0 Å². The van der Waals surface area contributed by atoms with Crippen molar-refractivity contribution >= 4 is 44.3 Å².